The number of hydrogen-bond acceptors (Lipinski definition) is 18. The number of nitrogens with one attached hydrogen (secondary N) is 2. The van der Waals surface area contributed by atoms with Crippen molar-refractivity contribution in [3.63, 3.8) is 0 Å². The molecule has 0 saturated carbocycles. The summed E-state index contributed by atoms with van der Waals surface area (Å²) in [6.07, 6.45) is 37.7. The van der Waals surface area contributed by atoms with E-state index in [1.165, 1.54) is 184 Å². The lowest BCUT2D eigenvalue weighted by molar-refractivity contribution is 0.0105. The smallest absolute Gasteiger partial charge is 0.350 e. The molecule has 4 aromatic rings. The number of imidazole rings is 2. The van der Waals surface area contributed by atoms with E-state index in [-0.39, 0.29) is 67.8 Å². The maximum atomic E-state index is 14.0. The molecule has 4 rings (SSSR count). The molecule has 12 N–H and O–H groups in total. The zero-order valence-electron chi connectivity index (χ0n) is 56.8. The van der Waals surface area contributed by atoms with E-state index in [2.05, 4.69) is 38.8 Å². The van der Waals surface area contributed by atoms with Gasteiger partial charge in [0, 0.05) is 44.8 Å². The third kappa shape index (κ3) is 36.8. The Bertz CT molecular complexity index is 2840. The van der Waals surface area contributed by atoms with Gasteiger partial charge in [-0.25, -0.2) is 9.97 Å². The van der Waals surface area contributed by atoms with Crippen LogP contribution in [-0.2, 0) is 47.6 Å². The Morgan fingerprint density at radius 1 is 0.559 bits per heavy atom. The number of aliphatic hydroxyl groups excluding tert-OH is 4. The number of hydrogen-bond donors (Lipinski definition) is 11. The lowest BCUT2D eigenvalue weighted by Crippen LogP contribution is -2.42. The van der Waals surface area contributed by atoms with Crippen molar-refractivity contribution in [2.45, 2.75) is 277 Å². The van der Waals surface area contributed by atoms with Gasteiger partial charge in [-0.15, -0.1) is 0 Å². The second-order valence-corrected chi connectivity index (χ2v) is 28.1. The van der Waals surface area contributed by atoms with E-state index >= 15 is 0 Å². The number of anilines is 2. The molecule has 0 fully saturated rings. The average Bonchev–Trinajstić information content (AvgIpc) is 1.70. The van der Waals surface area contributed by atoms with E-state index in [1.807, 2.05) is 13.8 Å². The maximum absolute atomic E-state index is 14.0. The highest BCUT2D eigenvalue weighted by Gasteiger charge is 2.30. The minimum atomic E-state index is -4.44. The van der Waals surface area contributed by atoms with Crippen molar-refractivity contribution in [1.29, 1.82) is 0 Å². The Labute approximate surface area is 552 Å². The van der Waals surface area contributed by atoms with Gasteiger partial charge in [0.1, 0.15) is 18.5 Å². The topological polar surface area (TPSA) is 389 Å². The summed E-state index contributed by atoms with van der Waals surface area (Å²) in [6, 6.07) is 0. The van der Waals surface area contributed by atoms with Gasteiger partial charge in [0.15, 0.2) is 22.3 Å². The Morgan fingerprint density at radius 2 is 1.01 bits per heavy atom. The van der Waals surface area contributed by atoms with Crippen LogP contribution < -0.4 is 21.8 Å². The fourth-order valence-corrected chi connectivity index (χ4v) is 12.0. The summed E-state index contributed by atoms with van der Waals surface area (Å²) < 4.78 is 48.1. The zero-order valence-corrected chi connectivity index (χ0v) is 58.6. The largest absolute Gasteiger partial charge is 0.394 e. The first-order valence-electron chi connectivity index (χ1n) is 34.9. The van der Waals surface area contributed by atoms with Crippen molar-refractivity contribution in [2.24, 2.45) is 0 Å². The van der Waals surface area contributed by atoms with Crippen LogP contribution >= 0.6 is 15.2 Å². The van der Waals surface area contributed by atoms with Crippen LogP contribution in [0.1, 0.15) is 245 Å². The predicted molar refractivity (Wildman–Crippen MR) is 366 cm³/mol. The third-order valence-corrected chi connectivity index (χ3v) is 17.3. The quantitative estimate of drug-likeness (QED) is 0.0144. The number of nitrogens with zero attached hydrogens (tertiary/aromatic N) is 7. The summed E-state index contributed by atoms with van der Waals surface area (Å²) in [5.74, 6) is 0.483. The summed E-state index contributed by atoms with van der Waals surface area (Å²) in [6.45, 7) is 8.51. The van der Waals surface area contributed by atoms with Crippen molar-refractivity contribution < 1.29 is 68.1 Å². The molecule has 0 saturated heterocycles. The Kier molecular flexibility index (Phi) is 44.3. The average molecular weight is 1360 g/mol. The first-order valence-corrected chi connectivity index (χ1v) is 38.5. The number of aliphatic hydroxyl groups is 4. The van der Waals surface area contributed by atoms with Crippen molar-refractivity contribution >= 4 is 49.4 Å². The van der Waals surface area contributed by atoms with Crippen LogP contribution in [0.15, 0.2) is 27.2 Å². The van der Waals surface area contributed by atoms with Crippen molar-refractivity contribution in [3.05, 3.63) is 44.1 Å². The maximum Gasteiger partial charge on any atom is 0.350 e. The Morgan fingerprint density at radius 3 is 1.47 bits per heavy atom. The van der Waals surface area contributed by atoms with Gasteiger partial charge in [-0.1, -0.05) is 212 Å². The Hall–Kier alpha value is -3.98. The number of nitrogens with two attached hydrogens (primary N) is 1. The zero-order chi connectivity index (χ0) is 68.1. The molecule has 0 aliphatic heterocycles. The molecule has 93 heavy (non-hydrogen) atoms. The SMILES string of the molecule is CCCCCCCCCCCCCCCCCCOCCc1nc2c(=O)[nH]c(N(CC(O)CO)C(=C(C)C)C(CC(O)CO)OCCCCCCCCCCCCCCCCCC)nc2n1CCOCP(=O)(O)O.Nc1nc2c(ncn2CCOCP(=O)(O)O)c(=O)[nH]1. The molecular weight excluding hydrogens is 1240 g/mol. The fraction of sp³-hybridized carbons (Fsp3) is 0.815. The number of ether oxygens (including phenoxy) is 4. The van der Waals surface area contributed by atoms with Crippen LogP contribution in [-0.4, -0.2) is 163 Å². The fourth-order valence-electron chi connectivity index (χ4n) is 11.2. The Balaban J connectivity index is 0.00000100. The molecule has 4 heterocycles. The van der Waals surface area contributed by atoms with Gasteiger partial charge in [-0.05, 0) is 26.7 Å². The van der Waals surface area contributed by atoms with E-state index in [0.29, 0.717) is 43.4 Å². The van der Waals surface area contributed by atoms with E-state index in [4.69, 9.17) is 39.5 Å². The molecule has 0 aromatic carbocycles. The molecule has 28 heteroatoms. The molecule has 3 unspecified atom stereocenters. The van der Waals surface area contributed by atoms with Crippen LogP contribution in [0.4, 0.5) is 11.9 Å². The molecule has 0 aliphatic carbocycles. The predicted octanol–water partition coefficient (Wildman–Crippen LogP) is 10.8. The summed E-state index contributed by atoms with van der Waals surface area (Å²) in [5, 5.41) is 41.7. The number of rotatable bonds is 57. The van der Waals surface area contributed by atoms with Crippen molar-refractivity contribution in [2.75, 3.05) is 76.1 Å². The molecule has 0 spiro atoms. The lowest BCUT2D eigenvalue weighted by Gasteiger charge is -2.34. The van der Waals surface area contributed by atoms with Gasteiger partial charge < -0.3 is 78.7 Å². The van der Waals surface area contributed by atoms with E-state index < -0.39 is 70.5 Å². The highest BCUT2D eigenvalue weighted by molar-refractivity contribution is 7.51. The molecule has 0 amide bonds. The number of allylic oxidation sites excluding steroid dienone is 1. The van der Waals surface area contributed by atoms with Gasteiger partial charge in [-0.2, -0.15) is 9.97 Å². The number of aromatic amines is 2. The molecule has 0 bridgehead atoms. The third-order valence-electron chi connectivity index (χ3n) is 16.2. The normalized spacial score (nSPS) is 13.0. The van der Waals surface area contributed by atoms with Gasteiger partial charge in [0.2, 0.25) is 11.9 Å². The summed E-state index contributed by atoms with van der Waals surface area (Å²) in [7, 11) is -8.61. The van der Waals surface area contributed by atoms with Crippen molar-refractivity contribution in [1.82, 2.24) is 39.0 Å². The highest BCUT2D eigenvalue weighted by Crippen LogP contribution is 2.35. The van der Waals surface area contributed by atoms with Crippen molar-refractivity contribution in [3.8, 4) is 0 Å². The number of nitrogen functional groups attached to an aromatic ring is 1. The molecule has 536 valence electrons. The highest BCUT2D eigenvalue weighted by atomic mass is 31.2. The van der Waals surface area contributed by atoms with Gasteiger partial charge in [0.05, 0.1) is 64.2 Å². The van der Waals surface area contributed by atoms with E-state index in [9.17, 15) is 48.9 Å². The molecule has 26 nitrogen and oxygen atoms in total. The number of fused-ring (bicyclic) bond motifs is 2. The second kappa shape index (κ2) is 49.5. The molecule has 3 atom stereocenters. The number of aromatic nitrogens is 8. The lowest BCUT2D eigenvalue weighted by atomic mass is 10.0. The van der Waals surface area contributed by atoms with E-state index in [0.717, 1.165) is 37.7 Å². The van der Waals surface area contributed by atoms with Crippen LogP contribution in [0.25, 0.3) is 22.3 Å². The monoisotopic (exact) mass is 1360 g/mol. The van der Waals surface area contributed by atoms with Crippen LogP contribution in [0, 0.1) is 0 Å². The van der Waals surface area contributed by atoms with Crippen LogP contribution in [0.5, 0.6) is 0 Å². The second-order valence-electron chi connectivity index (χ2n) is 24.9. The summed E-state index contributed by atoms with van der Waals surface area (Å²) in [5.41, 5.74) is 6.32. The number of unbranched alkanes of at least 4 members (excludes halogenated alkanes) is 30. The van der Waals surface area contributed by atoms with Crippen LogP contribution in [0.3, 0.4) is 0 Å². The van der Waals surface area contributed by atoms with Crippen LogP contribution in [0.2, 0.25) is 0 Å². The minimum Gasteiger partial charge on any atom is -0.394 e. The van der Waals surface area contributed by atoms with Gasteiger partial charge >= 0.3 is 15.2 Å². The summed E-state index contributed by atoms with van der Waals surface area (Å²) in [4.78, 5) is 85.7. The molecule has 0 radical (unpaired) electrons. The first kappa shape index (κ1) is 83.2. The van der Waals surface area contributed by atoms with Gasteiger partial charge in [-0.3, -0.25) is 28.7 Å². The molecule has 4 aromatic heterocycles. The van der Waals surface area contributed by atoms with E-state index in [1.54, 1.807) is 9.47 Å². The molecule has 0 aliphatic rings. The standard InChI is InChI=1S/C57H108N5O11P.C8H12N5O5P/c1-5-7-9-11-13-15-17-19-21-23-25-27-29-31-33-35-39-71-41-37-52-58-53-55(61(52)38-42-72-47-74(68,69)70)59-57(60-56(53)67)62(44-50(66)46-64)54(48(3)4)51(43-49(65)45-63)73-40-36-34-32-30-28-26-24-22-20-18-16-14-12-10-8-6-2;9-8-11-6-5(7(14)12-8)10-3-13(6)1-2-18-4-19(15,16)17/h49-51,63-66H,5-47H2,1-4H3,(H,59,60,67)(H2,68,69,70);3H,1-2,4H2,(H2,15,16,17)(H3,9,11,12,14). The van der Waals surface area contributed by atoms with Gasteiger partial charge in [0.25, 0.3) is 11.1 Å². The first-order chi connectivity index (χ1) is 44.7. The number of H-pyrrole nitrogens is 2. The molecular formula is C65H120N10O16P2. The minimum absolute atomic E-state index is 0.0203. The summed E-state index contributed by atoms with van der Waals surface area (Å²) >= 11 is 0.